The molecule has 0 aromatic carbocycles. The van der Waals surface area contributed by atoms with Gasteiger partial charge >= 0.3 is 0 Å². The quantitative estimate of drug-likeness (QED) is 0.422. The number of guanidine groups is 1. The third-order valence-electron chi connectivity index (χ3n) is 4.27. The summed E-state index contributed by atoms with van der Waals surface area (Å²) >= 11 is 1.74. The van der Waals surface area contributed by atoms with Crippen LogP contribution in [-0.2, 0) is 6.54 Å². The van der Waals surface area contributed by atoms with Gasteiger partial charge in [0.05, 0.1) is 0 Å². The topological polar surface area (TPSA) is 30.9 Å². The minimum Gasteiger partial charge on any atom is -0.355 e. The van der Waals surface area contributed by atoms with E-state index in [4.69, 9.17) is 0 Å². The fourth-order valence-corrected chi connectivity index (χ4v) is 3.65. The maximum atomic E-state index is 4.38. The van der Waals surface area contributed by atoms with E-state index in [2.05, 4.69) is 51.0 Å². The molecule has 0 amide bonds. The summed E-state index contributed by atoms with van der Waals surface area (Å²) in [6, 6.07) is 2.96. The van der Waals surface area contributed by atoms with Crippen molar-refractivity contribution in [2.75, 3.05) is 34.2 Å². The number of thiophene rings is 1. The van der Waals surface area contributed by atoms with Gasteiger partial charge in [-0.15, -0.1) is 24.0 Å². The molecule has 0 saturated heterocycles. The lowest BCUT2D eigenvalue weighted by molar-refractivity contribution is 0.248. The van der Waals surface area contributed by atoms with E-state index in [9.17, 15) is 0 Å². The Morgan fingerprint density at radius 2 is 2.09 bits per heavy atom. The molecule has 0 spiro atoms. The summed E-state index contributed by atoms with van der Waals surface area (Å²) < 4.78 is 0. The minimum absolute atomic E-state index is 0. The monoisotopic (exact) mass is 436 g/mol. The molecule has 1 aromatic heterocycles. The second-order valence-corrected chi connectivity index (χ2v) is 6.66. The first-order valence-corrected chi connectivity index (χ1v) is 8.78. The van der Waals surface area contributed by atoms with Crippen LogP contribution in [0.4, 0.5) is 0 Å². The highest BCUT2D eigenvalue weighted by molar-refractivity contribution is 14.0. The van der Waals surface area contributed by atoms with E-state index < -0.39 is 0 Å². The van der Waals surface area contributed by atoms with Crippen molar-refractivity contribution >= 4 is 41.3 Å². The number of nitrogens with one attached hydrogen (secondary N) is 1. The summed E-state index contributed by atoms with van der Waals surface area (Å²) in [5.74, 6) is 0.973. The van der Waals surface area contributed by atoms with Crippen molar-refractivity contribution in [3.8, 4) is 0 Å². The van der Waals surface area contributed by atoms with Gasteiger partial charge in [0.25, 0.3) is 0 Å². The molecular weight excluding hydrogens is 407 g/mol. The van der Waals surface area contributed by atoms with Crippen LogP contribution in [0.5, 0.6) is 0 Å². The van der Waals surface area contributed by atoms with Crippen molar-refractivity contribution in [2.24, 2.45) is 4.99 Å². The van der Waals surface area contributed by atoms with E-state index in [0.717, 1.165) is 31.6 Å². The van der Waals surface area contributed by atoms with Crippen molar-refractivity contribution in [3.63, 3.8) is 0 Å². The van der Waals surface area contributed by atoms with Gasteiger partial charge in [-0.2, -0.15) is 11.3 Å². The van der Waals surface area contributed by atoms with Crippen LogP contribution in [0.25, 0.3) is 0 Å². The van der Waals surface area contributed by atoms with Gasteiger partial charge in [0, 0.05) is 39.8 Å². The molecule has 0 aliphatic heterocycles. The van der Waals surface area contributed by atoms with Gasteiger partial charge in [0.15, 0.2) is 5.96 Å². The Kier molecular flexibility index (Phi) is 9.35. The van der Waals surface area contributed by atoms with Gasteiger partial charge in [-0.25, -0.2) is 0 Å². The molecule has 0 unspecified atom stereocenters. The number of likely N-dealkylation sites (N-methyl/N-ethyl adjacent to an activating group) is 1. The molecule has 2 rings (SSSR count). The molecule has 0 radical (unpaired) electrons. The molecule has 6 heteroatoms. The number of hydrogen-bond acceptors (Lipinski definition) is 3. The van der Waals surface area contributed by atoms with E-state index in [1.54, 1.807) is 11.3 Å². The SMILES string of the molecule is CN=C(NCCN(C)C1CCCC1)N(C)Cc1ccsc1.I. The highest BCUT2D eigenvalue weighted by Gasteiger charge is 2.19. The van der Waals surface area contributed by atoms with Crippen LogP contribution in [0, 0.1) is 0 Å². The van der Waals surface area contributed by atoms with Crippen LogP contribution < -0.4 is 5.32 Å². The first-order chi connectivity index (χ1) is 10.2. The number of hydrogen-bond donors (Lipinski definition) is 1. The first kappa shape index (κ1) is 19.7. The van der Waals surface area contributed by atoms with Gasteiger partial charge in [-0.3, -0.25) is 4.99 Å². The summed E-state index contributed by atoms with van der Waals surface area (Å²) in [7, 11) is 6.19. The van der Waals surface area contributed by atoms with E-state index in [-0.39, 0.29) is 24.0 Å². The Morgan fingerprint density at radius 1 is 1.36 bits per heavy atom. The number of nitrogens with zero attached hydrogens (tertiary/aromatic N) is 3. The summed E-state index contributed by atoms with van der Waals surface area (Å²) in [4.78, 5) is 9.05. The normalized spacial score (nSPS) is 15.9. The van der Waals surface area contributed by atoms with Crippen LogP contribution in [0.3, 0.4) is 0 Å². The van der Waals surface area contributed by atoms with E-state index in [1.165, 1.54) is 31.2 Å². The molecule has 1 aliphatic rings. The molecule has 4 nitrogen and oxygen atoms in total. The summed E-state index contributed by atoms with van der Waals surface area (Å²) in [6.45, 7) is 2.94. The Labute approximate surface area is 156 Å². The Hall–Kier alpha value is -0.340. The van der Waals surface area contributed by atoms with Crippen molar-refractivity contribution in [1.29, 1.82) is 0 Å². The van der Waals surface area contributed by atoms with E-state index >= 15 is 0 Å². The van der Waals surface area contributed by atoms with Gasteiger partial charge in [-0.1, -0.05) is 12.8 Å². The second-order valence-electron chi connectivity index (χ2n) is 5.88. The molecule has 1 saturated carbocycles. The highest BCUT2D eigenvalue weighted by Crippen LogP contribution is 2.21. The molecule has 1 heterocycles. The smallest absolute Gasteiger partial charge is 0.193 e. The zero-order chi connectivity index (χ0) is 15.1. The van der Waals surface area contributed by atoms with Crippen LogP contribution in [0.1, 0.15) is 31.2 Å². The molecule has 126 valence electrons. The predicted molar refractivity (Wildman–Crippen MR) is 107 cm³/mol. The second kappa shape index (κ2) is 10.4. The minimum atomic E-state index is 0. The van der Waals surface area contributed by atoms with Crippen molar-refractivity contribution in [2.45, 2.75) is 38.3 Å². The molecule has 1 fully saturated rings. The van der Waals surface area contributed by atoms with Gasteiger partial charge in [0.1, 0.15) is 0 Å². The fraction of sp³-hybridized carbons (Fsp3) is 0.688. The number of halogens is 1. The molecule has 22 heavy (non-hydrogen) atoms. The molecule has 0 bridgehead atoms. The molecule has 1 N–H and O–H groups in total. The zero-order valence-electron chi connectivity index (χ0n) is 13.9. The van der Waals surface area contributed by atoms with Gasteiger partial charge in [-0.05, 0) is 42.3 Å². The lowest BCUT2D eigenvalue weighted by atomic mass is 10.2. The lowest BCUT2D eigenvalue weighted by Crippen LogP contribution is -2.43. The summed E-state index contributed by atoms with van der Waals surface area (Å²) in [5, 5.41) is 7.79. The largest absolute Gasteiger partial charge is 0.355 e. The average Bonchev–Trinajstić information content (AvgIpc) is 3.15. The molecular formula is C16H29IN4S. The lowest BCUT2D eigenvalue weighted by Gasteiger charge is -2.26. The highest BCUT2D eigenvalue weighted by atomic mass is 127. The summed E-state index contributed by atoms with van der Waals surface area (Å²) in [5.41, 5.74) is 1.34. The third-order valence-corrected chi connectivity index (χ3v) is 5.00. The maximum absolute atomic E-state index is 4.38. The maximum Gasteiger partial charge on any atom is 0.193 e. The number of aliphatic imine (C=N–C) groups is 1. The molecule has 1 aliphatic carbocycles. The molecule has 0 atom stereocenters. The van der Waals surface area contributed by atoms with Gasteiger partial charge < -0.3 is 15.1 Å². The van der Waals surface area contributed by atoms with E-state index in [1.807, 2.05) is 7.05 Å². The van der Waals surface area contributed by atoms with Crippen LogP contribution in [0.15, 0.2) is 21.8 Å². The van der Waals surface area contributed by atoms with Crippen LogP contribution in [-0.4, -0.2) is 56.0 Å². The summed E-state index contributed by atoms with van der Waals surface area (Å²) in [6.07, 6.45) is 5.52. The predicted octanol–water partition coefficient (Wildman–Crippen LogP) is 3.25. The third kappa shape index (κ3) is 6.04. The zero-order valence-corrected chi connectivity index (χ0v) is 17.1. The van der Waals surface area contributed by atoms with Crippen molar-refractivity contribution < 1.29 is 0 Å². The van der Waals surface area contributed by atoms with Crippen molar-refractivity contribution in [1.82, 2.24) is 15.1 Å². The fourth-order valence-electron chi connectivity index (χ4n) is 2.99. The van der Waals surface area contributed by atoms with Crippen molar-refractivity contribution in [3.05, 3.63) is 22.4 Å². The average molecular weight is 436 g/mol. The van der Waals surface area contributed by atoms with Crippen LogP contribution in [0.2, 0.25) is 0 Å². The number of rotatable bonds is 6. The first-order valence-electron chi connectivity index (χ1n) is 7.84. The standard InChI is InChI=1S/C16H28N4S.HI/c1-17-16(20(3)12-14-8-11-21-13-14)18-9-10-19(2)15-6-4-5-7-15;/h8,11,13,15H,4-7,9-10,12H2,1-3H3,(H,17,18);1H. The molecule has 1 aromatic rings. The Balaban J connectivity index is 0.00000242. The van der Waals surface area contributed by atoms with Crippen LogP contribution >= 0.6 is 35.3 Å². The van der Waals surface area contributed by atoms with Gasteiger partial charge in [0.2, 0.25) is 0 Å². The Bertz CT molecular complexity index is 429. The Morgan fingerprint density at radius 3 is 2.68 bits per heavy atom. The van der Waals surface area contributed by atoms with E-state index in [0.29, 0.717) is 0 Å².